The van der Waals surface area contributed by atoms with Gasteiger partial charge in [0, 0.05) is 40.8 Å². The Kier molecular flexibility index (Phi) is 8.56. The van der Waals surface area contributed by atoms with E-state index in [1.54, 1.807) is 6.07 Å². The highest BCUT2D eigenvalue weighted by molar-refractivity contribution is 6.35. The van der Waals surface area contributed by atoms with Gasteiger partial charge in [0.1, 0.15) is 12.4 Å². The molecule has 0 amide bonds. The van der Waals surface area contributed by atoms with E-state index in [2.05, 4.69) is 30.1 Å². The van der Waals surface area contributed by atoms with Crippen LogP contribution in [0.5, 0.6) is 5.75 Å². The van der Waals surface area contributed by atoms with E-state index in [0.717, 1.165) is 49.6 Å². The maximum Gasteiger partial charge on any atom is 0.124 e. The molecule has 2 aromatic carbocycles. The molecule has 3 nitrogen and oxygen atoms in total. The lowest BCUT2D eigenvalue weighted by molar-refractivity contribution is 0.296. The summed E-state index contributed by atoms with van der Waals surface area (Å²) in [5.74, 6) is 0.879. The number of nitrogens with one attached hydrogen (secondary N) is 1. The maximum atomic E-state index is 6.21. The molecule has 5 heteroatoms. The SMILES string of the molecule is CCN(CC)CCNCc1ccccc1OCc1ccc(Cl)cc1Cl. The van der Waals surface area contributed by atoms with Crippen molar-refractivity contribution in [2.75, 3.05) is 26.2 Å². The Morgan fingerprint density at radius 3 is 2.48 bits per heavy atom. The number of halogens is 2. The van der Waals surface area contributed by atoms with Crippen LogP contribution in [0.2, 0.25) is 10.0 Å². The fraction of sp³-hybridized carbons (Fsp3) is 0.400. The molecule has 0 aliphatic carbocycles. The predicted molar refractivity (Wildman–Crippen MR) is 107 cm³/mol. The summed E-state index contributed by atoms with van der Waals surface area (Å²) in [6, 6.07) is 13.6. The number of hydrogen-bond donors (Lipinski definition) is 1. The largest absolute Gasteiger partial charge is 0.489 e. The van der Waals surface area contributed by atoms with Crippen LogP contribution in [0.1, 0.15) is 25.0 Å². The molecule has 0 radical (unpaired) electrons. The minimum atomic E-state index is 0.423. The van der Waals surface area contributed by atoms with E-state index in [4.69, 9.17) is 27.9 Å². The predicted octanol–water partition coefficient (Wildman–Crippen LogP) is 5.00. The van der Waals surface area contributed by atoms with Crippen LogP contribution in [0.25, 0.3) is 0 Å². The first kappa shape index (κ1) is 20.1. The third kappa shape index (κ3) is 6.52. The van der Waals surface area contributed by atoms with Gasteiger partial charge in [0.25, 0.3) is 0 Å². The van der Waals surface area contributed by atoms with Crippen LogP contribution < -0.4 is 10.1 Å². The average molecular weight is 381 g/mol. The van der Waals surface area contributed by atoms with Crippen molar-refractivity contribution in [3.05, 3.63) is 63.6 Å². The first-order chi connectivity index (χ1) is 12.1. The van der Waals surface area contributed by atoms with Crippen molar-refractivity contribution < 1.29 is 4.74 Å². The molecule has 0 fully saturated rings. The molecule has 0 unspecified atom stereocenters. The highest BCUT2D eigenvalue weighted by atomic mass is 35.5. The summed E-state index contributed by atoms with van der Waals surface area (Å²) in [5, 5.41) is 4.75. The average Bonchev–Trinajstić information content (AvgIpc) is 2.62. The van der Waals surface area contributed by atoms with Gasteiger partial charge in [0.05, 0.1) is 0 Å². The summed E-state index contributed by atoms with van der Waals surface area (Å²) in [4.78, 5) is 2.40. The maximum absolute atomic E-state index is 6.21. The lowest BCUT2D eigenvalue weighted by atomic mass is 10.2. The smallest absolute Gasteiger partial charge is 0.124 e. The standard InChI is InChI=1S/C20H26Cl2N2O/c1-3-24(4-2)12-11-23-14-16-7-5-6-8-20(16)25-15-17-9-10-18(21)13-19(17)22/h5-10,13,23H,3-4,11-12,14-15H2,1-2H3. The molecule has 0 spiro atoms. The first-order valence-corrected chi connectivity index (χ1v) is 9.47. The number of para-hydroxylation sites is 1. The number of likely N-dealkylation sites (N-methyl/N-ethyl adjacent to an activating group) is 1. The van der Waals surface area contributed by atoms with Gasteiger partial charge in [-0.25, -0.2) is 0 Å². The topological polar surface area (TPSA) is 24.5 Å². The van der Waals surface area contributed by atoms with E-state index in [9.17, 15) is 0 Å². The summed E-state index contributed by atoms with van der Waals surface area (Å²) < 4.78 is 5.99. The van der Waals surface area contributed by atoms with E-state index in [1.807, 2.05) is 30.3 Å². The van der Waals surface area contributed by atoms with Crippen LogP contribution in [0.15, 0.2) is 42.5 Å². The highest BCUT2D eigenvalue weighted by Gasteiger charge is 2.06. The van der Waals surface area contributed by atoms with Gasteiger partial charge in [-0.2, -0.15) is 0 Å². The zero-order chi connectivity index (χ0) is 18.1. The van der Waals surface area contributed by atoms with E-state index in [0.29, 0.717) is 16.7 Å². The van der Waals surface area contributed by atoms with Gasteiger partial charge in [0.2, 0.25) is 0 Å². The van der Waals surface area contributed by atoms with Crippen LogP contribution in [-0.2, 0) is 13.2 Å². The Morgan fingerprint density at radius 1 is 1.00 bits per heavy atom. The van der Waals surface area contributed by atoms with Gasteiger partial charge in [-0.3, -0.25) is 0 Å². The zero-order valence-electron chi connectivity index (χ0n) is 14.9. The van der Waals surface area contributed by atoms with Crippen LogP contribution in [0.3, 0.4) is 0 Å². The van der Waals surface area contributed by atoms with Crippen molar-refractivity contribution in [3.63, 3.8) is 0 Å². The molecule has 136 valence electrons. The van der Waals surface area contributed by atoms with Crippen LogP contribution in [-0.4, -0.2) is 31.1 Å². The highest BCUT2D eigenvalue weighted by Crippen LogP contribution is 2.24. The number of benzene rings is 2. The summed E-state index contributed by atoms with van der Waals surface area (Å²) >= 11 is 12.2. The van der Waals surface area contributed by atoms with Gasteiger partial charge in [-0.15, -0.1) is 0 Å². The molecule has 0 aromatic heterocycles. The minimum absolute atomic E-state index is 0.423. The fourth-order valence-corrected chi connectivity index (χ4v) is 3.05. The second-order valence-corrected chi connectivity index (χ2v) is 6.68. The molecule has 0 aliphatic rings. The fourth-order valence-electron chi connectivity index (χ4n) is 2.58. The van der Waals surface area contributed by atoms with Crippen molar-refractivity contribution in [2.24, 2.45) is 0 Å². The summed E-state index contributed by atoms with van der Waals surface area (Å²) in [6.07, 6.45) is 0. The summed E-state index contributed by atoms with van der Waals surface area (Å²) in [6.45, 7) is 9.76. The number of rotatable bonds is 10. The van der Waals surface area contributed by atoms with E-state index in [-0.39, 0.29) is 0 Å². The molecule has 0 saturated heterocycles. The second kappa shape index (κ2) is 10.7. The molecule has 0 atom stereocenters. The van der Waals surface area contributed by atoms with Crippen molar-refractivity contribution in [1.82, 2.24) is 10.2 Å². The molecule has 2 aromatic rings. The van der Waals surface area contributed by atoms with E-state index in [1.165, 1.54) is 0 Å². The Morgan fingerprint density at radius 2 is 1.76 bits per heavy atom. The van der Waals surface area contributed by atoms with Gasteiger partial charge in [0.15, 0.2) is 0 Å². The quantitative estimate of drug-likeness (QED) is 0.586. The van der Waals surface area contributed by atoms with Gasteiger partial charge >= 0.3 is 0 Å². The summed E-state index contributed by atoms with van der Waals surface area (Å²) in [5.41, 5.74) is 2.07. The number of hydrogen-bond acceptors (Lipinski definition) is 3. The third-order valence-corrected chi connectivity index (χ3v) is 4.77. The van der Waals surface area contributed by atoms with Crippen molar-refractivity contribution in [3.8, 4) is 5.75 Å². The normalized spacial score (nSPS) is 11.1. The van der Waals surface area contributed by atoms with Crippen molar-refractivity contribution in [2.45, 2.75) is 27.0 Å². The van der Waals surface area contributed by atoms with Gasteiger partial charge in [-0.1, -0.05) is 61.3 Å². The lowest BCUT2D eigenvalue weighted by Crippen LogP contribution is -2.31. The number of nitrogens with zero attached hydrogens (tertiary/aromatic N) is 1. The number of ether oxygens (including phenoxy) is 1. The Labute approximate surface area is 160 Å². The van der Waals surface area contributed by atoms with Gasteiger partial charge < -0.3 is 15.0 Å². The first-order valence-electron chi connectivity index (χ1n) is 8.71. The van der Waals surface area contributed by atoms with Crippen LogP contribution in [0.4, 0.5) is 0 Å². The summed E-state index contributed by atoms with van der Waals surface area (Å²) in [7, 11) is 0. The van der Waals surface area contributed by atoms with Crippen molar-refractivity contribution >= 4 is 23.2 Å². The molecular weight excluding hydrogens is 355 g/mol. The lowest BCUT2D eigenvalue weighted by Gasteiger charge is -2.18. The molecule has 2 rings (SSSR count). The van der Waals surface area contributed by atoms with Crippen LogP contribution >= 0.6 is 23.2 Å². The van der Waals surface area contributed by atoms with E-state index >= 15 is 0 Å². The van der Waals surface area contributed by atoms with Crippen molar-refractivity contribution in [1.29, 1.82) is 0 Å². The van der Waals surface area contributed by atoms with Gasteiger partial charge in [-0.05, 0) is 31.3 Å². The Hall–Kier alpha value is -1.26. The zero-order valence-corrected chi connectivity index (χ0v) is 16.4. The molecular formula is C20H26Cl2N2O. The minimum Gasteiger partial charge on any atom is -0.489 e. The molecule has 0 heterocycles. The Bertz CT molecular complexity index is 660. The van der Waals surface area contributed by atoms with E-state index < -0.39 is 0 Å². The molecule has 25 heavy (non-hydrogen) atoms. The molecule has 0 bridgehead atoms. The second-order valence-electron chi connectivity index (χ2n) is 5.84. The third-order valence-electron chi connectivity index (χ3n) is 4.19. The molecule has 0 aliphatic heterocycles. The monoisotopic (exact) mass is 380 g/mol. The molecule has 0 saturated carbocycles. The Balaban J connectivity index is 1.89. The molecule has 1 N–H and O–H groups in total. The van der Waals surface area contributed by atoms with Crippen LogP contribution in [0, 0.1) is 0 Å².